The lowest BCUT2D eigenvalue weighted by molar-refractivity contribution is -0.148. The largest absolute Gasteiger partial charge is 0.480 e. The average molecular weight is 438 g/mol. The summed E-state index contributed by atoms with van der Waals surface area (Å²) in [7, 11) is 0. The van der Waals surface area contributed by atoms with Gasteiger partial charge in [-0.2, -0.15) is 5.26 Å². The zero-order valence-corrected chi connectivity index (χ0v) is 19.1. The molecule has 3 rings (SSSR count). The van der Waals surface area contributed by atoms with Gasteiger partial charge in [0.25, 0.3) is 0 Å². The van der Waals surface area contributed by atoms with E-state index in [1.54, 1.807) is 0 Å². The Labute approximate surface area is 191 Å². The van der Waals surface area contributed by atoms with Crippen molar-refractivity contribution in [1.29, 1.82) is 5.26 Å². The van der Waals surface area contributed by atoms with E-state index in [0.29, 0.717) is 12.8 Å². The second-order valence-corrected chi connectivity index (χ2v) is 9.32. The Kier molecular flexibility index (Phi) is 8.15. The Morgan fingerprint density at radius 1 is 1.06 bits per heavy atom. The molecule has 1 aliphatic carbocycles. The van der Waals surface area contributed by atoms with Crippen molar-refractivity contribution in [3.05, 3.63) is 59.7 Å². The minimum atomic E-state index is -1.45. The number of benzene rings is 2. The Morgan fingerprint density at radius 2 is 1.68 bits per heavy atom. The summed E-state index contributed by atoms with van der Waals surface area (Å²) < 4.78 is 0. The molecule has 0 spiro atoms. The number of halogens is 1. The predicted octanol–water partition coefficient (Wildman–Crippen LogP) is 7.34. The van der Waals surface area contributed by atoms with Gasteiger partial charge in [0.15, 0.2) is 5.41 Å². The lowest BCUT2D eigenvalue weighted by Crippen LogP contribution is -2.43. The Morgan fingerprint density at radius 3 is 2.26 bits per heavy atom. The monoisotopic (exact) mass is 437 g/mol. The number of carbonyl (C=O) groups is 1. The second kappa shape index (κ2) is 10.8. The number of hydrogen-bond donors (Lipinski definition) is 1. The van der Waals surface area contributed by atoms with Gasteiger partial charge in [-0.25, -0.2) is 0 Å². The fourth-order valence-electron chi connectivity index (χ4n) is 4.79. The van der Waals surface area contributed by atoms with E-state index >= 15 is 0 Å². The van der Waals surface area contributed by atoms with Gasteiger partial charge in [-0.15, -0.1) is 11.6 Å². The van der Waals surface area contributed by atoms with Crippen LogP contribution in [0.2, 0.25) is 0 Å². The molecule has 1 saturated carbocycles. The molecule has 0 bridgehead atoms. The number of rotatable bonds is 9. The Balaban J connectivity index is 1.72. The van der Waals surface area contributed by atoms with Crippen molar-refractivity contribution >= 4 is 17.6 Å². The molecule has 0 saturated heterocycles. The quantitative estimate of drug-likeness (QED) is 0.329. The molecule has 0 aromatic heterocycles. The first-order chi connectivity index (χ1) is 15.0. The Hall–Kier alpha value is -2.31. The van der Waals surface area contributed by atoms with Crippen molar-refractivity contribution in [2.24, 2.45) is 5.41 Å². The minimum absolute atomic E-state index is 0.342. The maximum Gasteiger partial charge on any atom is 0.324 e. The van der Waals surface area contributed by atoms with Crippen LogP contribution in [-0.4, -0.2) is 16.5 Å². The molecular weight excluding hydrogens is 406 g/mol. The van der Waals surface area contributed by atoms with Gasteiger partial charge in [0.2, 0.25) is 0 Å². The molecule has 4 heteroatoms. The molecule has 1 aliphatic rings. The molecule has 164 valence electrons. The number of aliphatic carboxylic acids is 1. The van der Waals surface area contributed by atoms with Crippen LogP contribution < -0.4 is 0 Å². The van der Waals surface area contributed by atoms with E-state index in [2.05, 4.69) is 37.3 Å². The van der Waals surface area contributed by atoms with Crippen LogP contribution in [0.15, 0.2) is 48.5 Å². The first kappa shape index (κ1) is 23.4. The fourth-order valence-corrected chi connectivity index (χ4v) is 5.31. The van der Waals surface area contributed by atoms with Crippen LogP contribution >= 0.6 is 11.6 Å². The van der Waals surface area contributed by atoms with Gasteiger partial charge in [-0.1, -0.05) is 81.1 Å². The summed E-state index contributed by atoms with van der Waals surface area (Å²) in [5.41, 5.74) is 2.96. The van der Waals surface area contributed by atoms with Gasteiger partial charge in [0.1, 0.15) is 0 Å². The number of carboxylic acid groups (broad SMARTS) is 1. The molecule has 0 amide bonds. The van der Waals surface area contributed by atoms with Crippen molar-refractivity contribution in [1.82, 2.24) is 0 Å². The van der Waals surface area contributed by atoms with E-state index in [9.17, 15) is 15.2 Å². The van der Waals surface area contributed by atoms with Gasteiger partial charge in [0, 0.05) is 11.3 Å². The zero-order chi connectivity index (χ0) is 22.3. The Bertz CT molecular complexity index is 900. The van der Waals surface area contributed by atoms with Crippen LogP contribution in [0.25, 0.3) is 11.1 Å². The average Bonchev–Trinajstić information content (AvgIpc) is 2.79. The standard InChI is InChI=1S/C27H32ClNO2/c1-2-3-4-5-6-8-20-10-12-21(13-11-20)22-14-16-23(17-15-22)25-24(28)9-7-18-27(25,19-29)26(30)31/h10-17,24-25H,2-9,18H2,1H3,(H,30,31). The molecular formula is C27H32ClNO2. The lowest BCUT2D eigenvalue weighted by Gasteiger charge is -2.39. The first-order valence-corrected chi connectivity index (χ1v) is 11.9. The topological polar surface area (TPSA) is 61.1 Å². The van der Waals surface area contributed by atoms with Crippen LogP contribution in [0.5, 0.6) is 0 Å². The van der Waals surface area contributed by atoms with Gasteiger partial charge in [-0.3, -0.25) is 4.79 Å². The number of nitrogens with zero attached hydrogens (tertiary/aromatic N) is 1. The number of nitriles is 1. The maximum atomic E-state index is 12.0. The van der Waals surface area contributed by atoms with Crippen molar-refractivity contribution in [3.63, 3.8) is 0 Å². The van der Waals surface area contributed by atoms with Gasteiger partial charge in [-0.05, 0) is 54.4 Å². The summed E-state index contributed by atoms with van der Waals surface area (Å²) in [5.74, 6) is -1.57. The molecule has 2 aromatic carbocycles. The van der Waals surface area contributed by atoms with Crippen LogP contribution in [-0.2, 0) is 11.2 Å². The minimum Gasteiger partial charge on any atom is -0.480 e. The van der Waals surface area contributed by atoms with E-state index in [4.69, 9.17) is 11.6 Å². The summed E-state index contributed by atoms with van der Waals surface area (Å²) >= 11 is 6.55. The van der Waals surface area contributed by atoms with Gasteiger partial charge >= 0.3 is 5.97 Å². The maximum absolute atomic E-state index is 12.0. The highest BCUT2D eigenvalue weighted by molar-refractivity contribution is 6.21. The second-order valence-electron chi connectivity index (χ2n) is 8.76. The summed E-state index contributed by atoms with van der Waals surface area (Å²) in [5, 5.41) is 19.2. The normalized spacial score (nSPS) is 23.3. The lowest BCUT2D eigenvalue weighted by atomic mass is 9.64. The number of unbranched alkanes of at least 4 members (excludes halogenated alkanes) is 4. The fraction of sp³-hybridized carbons (Fsp3) is 0.481. The molecule has 0 heterocycles. The van der Waals surface area contributed by atoms with Crippen LogP contribution in [0, 0.1) is 16.7 Å². The van der Waals surface area contributed by atoms with Crippen LogP contribution in [0.1, 0.15) is 75.3 Å². The smallest absolute Gasteiger partial charge is 0.324 e. The van der Waals surface area contributed by atoms with Gasteiger partial charge < -0.3 is 5.11 Å². The number of alkyl halides is 1. The van der Waals surface area contributed by atoms with Crippen molar-refractivity contribution in [3.8, 4) is 17.2 Å². The van der Waals surface area contributed by atoms with Crippen LogP contribution in [0.3, 0.4) is 0 Å². The number of carboxylic acids is 1. The molecule has 3 nitrogen and oxygen atoms in total. The van der Waals surface area contributed by atoms with E-state index in [0.717, 1.165) is 29.5 Å². The molecule has 3 unspecified atom stereocenters. The third kappa shape index (κ3) is 5.31. The zero-order valence-electron chi connectivity index (χ0n) is 18.3. The summed E-state index contributed by atoms with van der Waals surface area (Å²) in [6.45, 7) is 2.24. The molecule has 0 aliphatic heterocycles. The third-order valence-corrected chi connectivity index (χ3v) is 7.12. The molecule has 3 atom stereocenters. The predicted molar refractivity (Wildman–Crippen MR) is 126 cm³/mol. The summed E-state index contributed by atoms with van der Waals surface area (Å²) in [4.78, 5) is 12.0. The first-order valence-electron chi connectivity index (χ1n) is 11.5. The van der Waals surface area contributed by atoms with E-state index in [1.807, 2.05) is 24.3 Å². The highest BCUT2D eigenvalue weighted by Gasteiger charge is 2.52. The van der Waals surface area contributed by atoms with Crippen molar-refractivity contribution < 1.29 is 9.90 Å². The SMILES string of the molecule is CCCCCCCc1ccc(-c2ccc(C3C(Cl)CCCC3(C#N)C(=O)O)cc2)cc1. The van der Waals surface area contributed by atoms with Gasteiger partial charge in [0.05, 0.1) is 6.07 Å². The van der Waals surface area contributed by atoms with Crippen molar-refractivity contribution in [2.75, 3.05) is 0 Å². The third-order valence-electron chi connectivity index (χ3n) is 6.65. The molecule has 2 aromatic rings. The van der Waals surface area contributed by atoms with Crippen molar-refractivity contribution in [2.45, 2.75) is 76.0 Å². The highest BCUT2D eigenvalue weighted by Crippen LogP contribution is 2.49. The number of hydrogen-bond acceptors (Lipinski definition) is 2. The summed E-state index contributed by atoms with van der Waals surface area (Å²) in [6.07, 6.45) is 9.29. The van der Waals surface area contributed by atoms with E-state index in [-0.39, 0.29) is 5.38 Å². The van der Waals surface area contributed by atoms with Crippen LogP contribution in [0.4, 0.5) is 0 Å². The summed E-state index contributed by atoms with van der Waals surface area (Å²) in [6, 6.07) is 18.7. The molecule has 31 heavy (non-hydrogen) atoms. The van der Waals surface area contributed by atoms with E-state index < -0.39 is 17.3 Å². The molecule has 1 fully saturated rings. The molecule has 1 N–H and O–H groups in total. The van der Waals surface area contributed by atoms with E-state index in [1.165, 1.54) is 37.7 Å². The number of aryl methyl sites for hydroxylation is 1. The highest BCUT2D eigenvalue weighted by atomic mass is 35.5. The molecule has 0 radical (unpaired) electrons.